The van der Waals surface area contributed by atoms with Crippen LogP contribution in [0, 0.1) is 0 Å². The van der Waals surface area contributed by atoms with Gasteiger partial charge in [-0.2, -0.15) is 0 Å². The third kappa shape index (κ3) is 8.58. The van der Waals surface area contributed by atoms with E-state index in [9.17, 15) is 4.79 Å². The van der Waals surface area contributed by atoms with Gasteiger partial charge in [0.25, 0.3) is 0 Å². The Morgan fingerprint density at radius 2 is 1.80 bits per heavy atom. The molecule has 0 aliphatic heterocycles. The lowest BCUT2D eigenvalue weighted by Crippen LogP contribution is -2.34. The van der Waals surface area contributed by atoms with Crippen molar-refractivity contribution in [1.29, 1.82) is 0 Å². The van der Waals surface area contributed by atoms with Crippen LogP contribution in [0.15, 0.2) is 29.3 Å². The highest BCUT2D eigenvalue weighted by Crippen LogP contribution is 2.18. The number of benzene rings is 1. The van der Waals surface area contributed by atoms with Crippen molar-refractivity contribution in [2.75, 3.05) is 12.4 Å². The van der Waals surface area contributed by atoms with Gasteiger partial charge in [-0.3, -0.25) is 4.99 Å². The van der Waals surface area contributed by atoms with Crippen LogP contribution in [0.3, 0.4) is 0 Å². The van der Waals surface area contributed by atoms with Gasteiger partial charge in [-0.15, -0.1) is 11.8 Å². The first-order valence-corrected chi connectivity index (χ1v) is 13.5. The first-order valence-electron chi connectivity index (χ1n) is 8.59. The topological polar surface area (TPSA) is 50.7 Å². The van der Waals surface area contributed by atoms with Crippen LogP contribution in [0.5, 0.6) is 0 Å². The molecule has 0 aliphatic rings. The highest BCUT2D eigenvalue weighted by molar-refractivity contribution is 8.13. The second-order valence-electron chi connectivity index (χ2n) is 8.38. The number of nitrogens with zero attached hydrogens (tertiary/aromatic N) is 1. The molecule has 1 aromatic rings. The molecule has 1 N–H and O–H groups in total. The molecule has 1 aromatic carbocycles. The molecule has 6 heteroatoms. The van der Waals surface area contributed by atoms with E-state index in [1.807, 2.05) is 39.8 Å². The molecule has 0 saturated carbocycles. The Balaban J connectivity index is 2.79. The van der Waals surface area contributed by atoms with E-state index < -0.39 is 19.8 Å². The van der Waals surface area contributed by atoms with E-state index in [0.29, 0.717) is 0 Å². The zero-order valence-corrected chi connectivity index (χ0v) is 18.6. The van der Waals surface area contributed by atoms with Gasteiger partial charge in [-0.1, -0.05) is 43.9 Å². The fourth-order valence-electron chi connectivity index (χ4n) is 2.06. The summed E-state index contributed by atoms with van der Waals surface area (Å²) in [7, 11) is -1.20. The highest BCUT2D eigenvalue weighted by Gasteiger charge is 2.18. The van der Waals surface area contributed by atoms with Gasteiger partial charge in [-0.05, 0) is 39.5 Å². The Morgan fingerprint density at radius 3 is 2.24 bits per heavy atom. The first kappa shape index (κ1) is 21.8. The Hall–Kier alpha value is -1.27. The largest absolute Gasteiger partial charge is 0.444 e. The third-order valence-electron chi connectivity index (χ3n) is 3.28. The van der Waals surface area contributed by atoms with Crippen LogP contribution in [0.25, 0.3) is 0 Å². The molecule has 4 nitrogen and oxygen atoms in total. The number of hydrogen-bond donors (Lipinski definition) is 1. The van der Waals surface area contributed by atoms with E-state index in [0.717, 1.165) is 22.3 Å². The van der Waals surface area contributed by atoms with Gasteiger partial charge in [0.2, 0.25) is 0 Å². The predicted octanol–water partition coefficient (Wildman–Crippen LogP) is 5.26. The van der Waals surface area contributed by atoms with Crippen molar-refractivity contribution >= 4 is 31.0 Å². The third-order valence-corrected chi connectivity index (χ3v) is 5.14. The minimum atomic E-state index is -1.20. The van der Waals surface area contributed by atoms with Crippen LogP contribution in [-0.4, -0.2) is 37.2 Å². The molecule has 0 aromatic heterocycles. The van der Waals surface area contributed by atoms with E-state index in [2.05, 4.69) is 43.3 Å². The lowest BCUT2D eigenvalue weighted by molar-refractivity contribution is 0.0508. The van der Waals surface area contributed by atoms with Gasteiger partial charge in [0.05, 0.1) is 19.2 Å². The Kier molecular flexibility index (Phi) is 7.75. The first-order chi connectivity index (χ1) is 11.4. The van der Waals surface area contributed by atoms with Crippen LogP contribution in [-0.2, 0) is 4.74 Å². The molecule has 1 amide bonds. The van der Waals surface area contributed by atoms with Crippen molar-refractivity contribution in [3.63, 3.8) is 0 Å². The van der Waals surface area contributed by atoms with Crippen molar-refractivity contribution in [3.8, 4) is 0 Å². The van der Waals surface area contributed by atoms with Crippen molar-refractivity contribution in [3.05, 3.63) is 35.4 Å². The van der Waals surface area contributed by atoms with Crippen molar-refractivity contribution in [1.82, 2.24) is 5.32 Å². The standard InChI is InChI=1S/C19H32N2O2SSi/c1-14(21-18(22)23-19(2,3)4)15-9-11-16(12-10-15)17(24-5)20-13-25(6,7)8/h9-12,14H,13H2,1-8H3,(H,21,22)/b20-17-. The number of aliphatic imine (C=N–C) groups is 1. The molecule has 140 valence electrons. The normalized spacial score (nSPS) is 14.2. The van der Waals surface area contributed by atoms with Crippen molar-refractivity contribution < 1.29 is 9.53 Å². The van der Waals surface area contributed by atoms with Gasteiger partial charge in [0.1, 0.15) is 5.60 Å². The number of rotatable bonds is 5. The van der Waals surface area contributed by atoms with Gasteiger partial charge < -0.3 is 10.1 Å². The summed E-state index contributed by atoms with van der Waals surface area (Å²) >= 11 is 1.68. The second-order valence-corrected chi connectivity index (χ2v) is 14.6. The summed E-state index contributed by atoms with van der Waals surface area (Å²) in [6.07, 6.45) is 2.59. The molecule has 0 radical (unpaired) electrons. The number of carbonyl (C=O) groups is 1. The van der Waals surface area contributed by atoms with E-state index in [-0.39, 0.29) is 6.04 Å². The van der Waals surface area contributed by atoms with Gasteiger partial charge in [0, 0.05) is 11.7 Å². The average Bonchev–Trinajstić information content (AvgIpc) is 2.45. The van der Waals surface area contributed by atoms with Crippen molar-refractivity contribution in [2.45, 2.75) is 59.0 Å². The van der Waals surface area contributed by atoms with E-state index in [4.69, 9.17) is 9.73 Å². The maximum absolute atomic E-state index is 11.9. The smallest absolute Gasteiger partial charge is 0.408 e. The molecular formula is C19H32N2O2SSi. The number of amides is 1. The number of hydrogen-bond acceptors (Lipinski definition) is 4. The Morgan fingerprint density at radius 1 is 1.24 bits per heavy atom. The minimum absolute atomic E-state index is 0.111. The average molecular weight is 381 g/mol. The number of nitrogens with one attached hydrogen (secondary N) is 1. The molecule has 1 unspecified atom stereocenters. The van der Waals surface area contributed by atoms with Gasteiger partial charge in [-0.25, -0.2) is 4.79 Å². The second kappa shape index (κ2) is 8.90. The zero-order chi connectivity index (χ0) is 19.3. The Labute approximate surface area is 157 Å². The van der Waals surface area contributed by atoms with E-state index in [1.54, 1.807) is 11.8 Å². The Bertz CT molecular complexity index is 601. The fourth-order valence-corrected chi connectivity index (χ4v) is 3.38. The fraction of sp³-hybridized carbons (Fsp3) is 0.579. The van der Waals surface area contributed by atoms with Gasteiger partial charge >= 0.3 is 6.09 Å². The SMILES string of the molecule is CS/C(=N\C[Si](C)(C)C)c1ccc(C(C)NC(=O)OC(C)(C)C)cc1. The van der Waals surface area contributed by atoms with Crippen LogP contribution in [0.2, 0.25) is 19.6 Å². The summed E-state index contributed by atoms with van der Waals surface area (Å²) in [6.45, 7) is 14.5. The molecule has 0 bridgehead atoms. The molecule has 25 heavy (non-hydrogen) atoms. The predicted molar refractivity (Wildman–Crippen MR) is 112 cm³/mol. The summed E-state index contributed by atoms with van der Waals surface area (Å²) < 4.78 is 5.30. The summed E-state index contributed by atoms with van der Waals surface area (Å²) in [5.74, 6) is 0. The van der Waals surface area contributed by atoms with E-state index >= 15 is 0 Å². The summed E-state index contributed by atoms with van der Waals surface area (Å²) in [5.41, 5.74) is 1.67. The van der Waals surface area contributed by atoms with Crippen LogP contribution in [0.1, 0.15) is 44.9 Å². The quantitative estimate of drug-likeness (QED) is 0.431. The molecule has 1 atom stereocenters. The summed E-state index contributed by atoms with van der Waals surface area (Å²) in [5, 5.41) is 3.94. The number of thioether (sulfide) groups is 1. The molecule has 0 heterocycles. The molecule has 0 fully saturated rings. The number of alkyl carbamates (subject to hydrolysis) is 1. The zero-order valence-electron chi connectivity index (χ0n) is 16.8. The lowest BCUT2D eigenvalue weighted by Gasteiger charge is -2.22. The number of ether oxygens (including phenoxy) is 1. The molecule has 0 spiro atoms. The maximum Gasteiger partial charge on any atom is 0.408 e. The summed E-state index contributed by atoms with van der Waals surface area (Å²) in [6, 6.07) is 8.11. The molecule has 0 saturated heterocycles. The maximum atomic E-state index is 11.9. The minimum Gasteiger partial charge on any atom is -0.444 e. The molecule has 1 rings (SSSR count). The highest BCUT2D eigenvalue weighted by atomic mass is 32.2. The molecule has 0 aliphatic carbocycles. The van der Waals surface area contributed by atoms with E-state index in [1.165, 1.54) is 0 Å². The lowest BCUT2D eigenvalue weighted by atomic mass is 10.1. The van der Waals surface area contributed by atoms with Gasteiger partial charge in [0.15, 0.2) is 0 Å². The monoisotopic (exact) mass is 380 g/mol. The van der Waals surface area contributed by atoms with Crippen LogP contribution < -0.4 is 5.32 Å². The summed E-state index contributed by atoms with van der Waals surface area (Å²) in [4.78, 5) is 16.7. The van der Waals surface area contributed by atoms with Crippen molar-refractivity contribution in [2.24, 2.45) is 4.99 Å². The van der Waals surface area contributed by atoms with Crippen LogP contribution >= 0.6 is 11.8 Å². The molecular weight excluding hydrogens is 348 g/mol. The van der Waals surface area contributed by atoms with Crippen LogP contribution in [0.4, 0.5) is 4.79 Å². The number of carbonyl (C=O) groups excluding carboxylic acids is 1.